The highest BCUT2D eigenvalue weighted by Gasteiger charge is 2.26. The average molecular weight is 305 g/mol. The second-order valence-electron chi connectivity index (χ2n) is 6.16. The summed E-state index contributed by atoms with van der Waals surface area (Å²) in [6, 6.07) is 5.05. The van der Waals surface area contributed by atoms with Crippen LogP contribution < -0.4 is 11.1 Å². The van der Waals surface area contributed by atoms with E-state index in [-0.39, 0.29) is 18.6 Å². The molecule has 1 aromatic rings. The van der Waals surface area contributed by atoms with Crippen molar-refractivity contribution in [3.8, 4) is 0 Å². The fourth-order valence-electron chi connectivity index (χ4n) is 3.23. The lowest BCUT2D eigenvalue weighted by Crippen LogP contribution is -2.49. The van der Waals surface area contributed by atoms with Crippen molar-refractivity contribution >= 4 is 5.91 Å². The molecule has 1 unspecified atom stereocenters. The first-order chi connectivity index (χ1) is 10.7. The Labute approximate surface area is 132 Å². The van der Waals surface area contributed by atoms with Gasteiger partial charge < -0.3 is 16.2 Å². The molecule has 0 radical (unpaired) electrons. The highest BCUT2D eigenvalue weighted by molar-refractivity contribution is 5.82. The minimum Gasteiger partial charge on any atom is -0.396 e. The predicted molar refractivity (Wildman–Crippen MR) is 86.1 cm³/mol. The highest BCUT2D eigenvalue weighted by Crippen LogP contribution is 2.27. The van der Waals surface area contributed by atoms with Crippen LogP contribution in [0, 0.1) is 5.92 Å². The number of carbonyl (C=O) groups excluding carboxylic acids is 1. The summed E-state index contributed by atoms with van der Waals surface area (Å²) in [7, 11) is 0. The Bertz CT molecular complexity index is 446. The van der Waals surface area contributed by atoms with Crippen molar-refractivity contribution in [1.82, 2.24) is 10.3 Å². The molecule has 0 bridgehead atoms. The third-order valence-corrected chi connectivity index (χ3v) is 4.48. The molecule has 5 heteroatoms. The maximum atomic E-state index is 12.3. The van der Waals surface area contributed by atoms with Crippen molar-refractivity contribution < 1.29 is 9.90 Å². The van der Waals surface area contributed by atoms with E-state index in [1.807, 2.05) is 18.2 Å². The lowest BCUT2D eigenvalue weighted by molar-refractivity contribution is -0.123. The van der Waals surface area contributed by atoms with Gasteiger partial charge in [0.1, 0.15) is 0 Å². The molecule has 1 amide bonds. The Kier molecular flexibility index (Phi) is 6.80. The van der Waals surface area contributed by atoms with Gasteiger partial charge in [-0.3, -0.25) is 9.78 Å². The third kappa shape index (κ3) is 5.07. The van der Waals surface area contributed by atoms with Gasteiger partial charge in [0.2, 0.25) is 5.91 Å². The van der Waals surface area contributed by atoms with Gasteiger partial charge in [-0.1, -0.05) is 25.3 Å². The molecule has 1 aromatic heterocycles. The first-order valence-electron chi connectivity index (χ1n) is 8.27. The quantitative estimate of drug-likeness (QED) is 0.710. The average Bonchev–Trinajstić information content (AvgIpc) is 2.56. The van der Waals surface area contributed by atoms with Crippen LogP contribution in [0.2, 0.25) is 0 Å². The Morgan fingerprint density at radius 3 is 2.77 bits per heavy atom. The number of rotatable bonds is 7. The Morgan fingerprint density at radius 2 is 2.14 bits per heavy atom. The van der Waals surface area contributed by atoms with E-state index >= 15 is 0 Å². The SMILES string of the molecule is N[C@H](Cc1ccccn1)C(=O)NC(CCO)C1CCCCC1. The second-order valence-corrected chi connectivity index (χ2v) is 6.16. The van der Waals surface area contributed by atoms with E-state index < -0.39 is 6.04 Å². The summed E-state index contributed by atoms with van der Waals surface area (Å²) in [5.74, 6) is 0.321. The summed E-state index contributed by atoms with van der Waals surface area (Å²) in [6.07, 6.45) is 8.69. The zero-order chi connectivity index (χ0) is 15.8. The molecule has 22 heavy (non-hydrogen) atoms. The molecule has 0 saturated heterocycles. The highest BCUT2D eigenvalue weighted by atomic mass is 16.3. The van der Waals surface area contributed by atoms with Crippen LogP contribution in [0.4, 0.5) is 0 Å². The van der Waals surface area contributed by atoms with Crippen molar-refractivity contribution in [2.45, 2.75) is 57.0 Å². The third-order valence-electron chi connectivity index (χ3n) is 4.48. The molecular formula is C17H27N3O2. The molecule has 1 aliphatic carbocycles. The first-order valence-corrected chi connectivity index (χ1v) is 8.27. The van der Waals surface area contributed by atoms with E-state index in [9.17, 15) is 9.90 Å². The van der Waals surface area contributed by atoms with Crippen molar-refractivity contribution in [2.24, 2.45) is 11.7 Å². The van der Waals surface area contributed by atoms with Crippen LogP contribution in [-0.2, 0) is 11.2 Å². The van der Waals surface area contributed by atoms with Gasteiger partial charge >= 0.3 is 0 Å². The largest absolute Gasteiger partial charge is 0.396 e. The summed E-state index contributed by atoms with van der Waals surface area (Å²) < 4.78 is 0. The van der Waals surface area contributed by atoms with Gasteiger partial charge in [-0.2, -0.15) is 0 Å². The number of nitrogens with two attached hydrogens (primary N) is 1. The second kappa shape index (κ2) is 8.86. The molecular weight excluding hydrogens is 278 g/mol. The maximum absolute atomic E-state index is 12.3. The minimum absolute atomic E-state index is 0.0348. The predicted octanol–water partition coefficient (Wildman–Crippen LogP) is 1.40. The van der Waals surface area contributed by atoms with Crippen LogP contribution in [0.5, 0.6) is 0 Å². The van der Waals surface area contributed by atoms with Gasteiger partial charge in [0.05, 0.1) is 6.04 Å². The molecule has 0 spiro atoms. The number of nitrogens with zero attached hydrogens (tertiary/aromatic N) is 1. The number of carbonyl (C=O) groups is 1. The lowest BCUT2D eigenvalue weighted by Gasteiger charge is -2.31. The summed E-state index contributed by atoms with van der Waals surface area (Å²) in [5, 5.41) is 12.3. The van der Waals surface area contributed by atoms with Gasteiger partial charge in [-0.15, -0.1) is 0 Å². The minimum atomic E-state index is -0.598. The van der Waals surface area contributed by atoms with Crippen LogP contribution >= 0.6 is 0 Å². The molecule has 0 aliphatic heterocycles. The van der Waals surface area contributed by atoms with E-state index in [1.165, 1.54) is 19.3 Å². The number of hydrogen-bond donors (Lipinski definition) is 3. The lowest BCUT2D eigenvalue weighted by atomic mass is 9.82. The standard InChI is InChI=1S/C17H27N3O2/c18-15(12-14-8-4-5-10-19-14)17(22)20-16(9-11-21)13-6-2-1-3-7-13/h4-5,8,10,13,15-16,21H,1-3,6-7,9,11-12,18H2,(H,20,22)/t15-,16?/m1/s1. The number of aliphatic hydroxyl groups is 1. The van der Waals surface area contributed by atoms with Gasteiger partial charge in [0, 0.05) is 31.0 Å². The zero-order valence-corrected chi connectivity index (χ0v) is 13.1. The Hall–Kier alpha value is -1.46. The molecule has 5 nitrogen and oxygen atoms in total. The maximum Gasteiger partial charge on any atom is 0.237 e. The van der Waals surface area contributed by atoms with E-state index in [1.54, 1.807) is 6.20 Å². The fraction of sp³-hybridized carbons (Fsp3) is 0.647. The molecule has 2 rings (SSSR count). The van der Waals surface area contributed by atoms with Crippen LogP contribution in [0.3, 0.4) is 0 Å². The van der Waals surface area contributed by atoms with Gasteiger partial charge in [-0.25, -0.2) is 0 Å². The summed E-state index contributed by atoms with van der Waals surface area (Å²) in [5.41, 5.74) is 6.83. The smallest absolute Gasteiger partial charge is 0.237 e. The normalized spacial score (nSPS) is 18.6. The summed E-state index contributed by atoms with van der Waals surface area (Å²) >= 11 is 0. The topological polar surface area (TPSA) is 88.2 Å². The van der Waals surface area contributed by atoms with Crippen molar-refractivity contribution in [2.75, 3.05) is 6.61 Å². The van der Waals surface area contributed by atoms with Gasteiger partial charge in [0.15, 0.2) is 0 Å². The van der Waals surface area contributed by atoms with Crippen LogP contribution in [0.25, 0.3) is 0 Å². The molecule has 0 aromatic carbocycles. The molecule has 4 N–H and O–H groups in total. The Balaban J connectivity index is 1.89. The first kappa shape index (κ1) is 16.9. The van der Waals surface area contributed by atoms with Crippen molar-refractivity contribution in [1.29, 1.82) is 0 Å². The number of amides is 1. The van der Waals surface area contributed by atoms with E-state index in [2.05, 4.69) is 10.3 Å². The van der Waals surface area contributed by atoms with Crippen LogP contribution in [0.1, 0.15) is 44.2 Å². The molecule has 1 fully saturated rings. The number of pyridine rings is 1. The summed E-state index contributed by atoms with van der Waals surface area (Å²) in [4.78, 5) is 16.5. The Morgan fingerprint density at radius 1 is 1.36 bits per heavy atom. The van der Waals surface area contributed by atoms with Crippen molar-refractivity contribution in [3.05, 3.63) is 30.1 Å². The molecule has 1 saturated carbocycles. The van der Waals surface area contributed by atoms with E-state index in [0.717, 1.165) is 18.5 Å². The molecule has 1 heterocycles. The van der Waals surface area contributed by atoms with Crippen LogP contribution in [0.15, 0.2) is 24.4 Å². The van der Waals surface area contributed by atoms with E-state index in [0.29, 0.717) is 18.8 Å². The number of aliphatic hydroxyl groups excluding tert-OH is 1. The fourth-order valence-corrected chi connectivity index (χ4v) is 3.23. The molecule has 1 aliphatic rings. The number of nitrogens with one attached hydrogen (secondary N) is 1. The van der Waals surface area contributed by atoms with Gasteiger partial charge in [-0.05, 0) is 37.3 Å². The van der Waals surface area contributed by atoms with E-state index in [4.69, 9.17) is 5.73 Å². The zero-order valence-electron chi connectivity index (χ0n) is 13.1. The number of aromatic nitrogens is 1. The summed E-state index contributed by atoms with van der Waals surface area (Å²) in [6.45, 7) is 0.0942. The monoisotopic (exact) mass is 305 g/mol. The van der Waals surface area contributed by atoms with Crippen LogP contribution in [-0.4, -0.2) is 34.7 Å². The number of hydrogen-bond acceptors (Lipinski definition) is 4. The molecule has 2 atom stereocenters. The molecule has 122 valence electrons. The van der Waals surface area contributed by atoms with Gasteiger partial charge in [0.25, 0.3) is 0 Å². The van der Waals surface area contributed by atoms with Crippen molar-refractivity contribution in [3.63, 3.8) is 0 Å².